The zero-order valence-corrected chi connectivity index (χ0v) is 11.8. The highest BCUT2D eigenvalue weighted by Gasteiger charge is 2.41. The molecule has 1 rings (SSSR count). The van der Waals surface area contributed by atoms with Gasteiger partial charge >= 0.3 is 5.97 Å². The van der Waals surface area contributed by atoms with Gasteiger partial charge in [0.1, 0.15) is 0 Å². The van der Waals surface area contributed by atoms with Gasteiger partial charge in [-0.2, -0.15) is 0 Å². The summed E-state index contributed by atoms with van der Waals surface area (Å²) >= 11 is 0. The van der Waals surface area contributed by atoms with Crippen LogP contribution in [0.4, 0.5) is 0 Å². The maximum Gasteiger partial charge on any atom is 0.307 e. The summed E-state index contributed by atoms with van der Waals surface area (Å²) in [4.78, 5) is 23.3. The quantitative estimate of drug-likeness (QED) is 0.650. The van der Waals surface area contributed by atoms with E-state index in [1.807, 2.05) is 13.8 Å². The minimum absolute atomic E-state index is 0.107. The number of aliphatic carboxylic acids is 1. The SMILES string of the molecule is CCC1C[C@H](C(=O)NCC(C)CCO)[C@H](C(=O)O)C1. The second-order valence-electron chi connectivity index (χ2n) is 5.66. The molecule has 0 bridgehead atoms. The number of aliphatic hydroxyl groups excluding tert-OH is 1. The highest BCUT2D eigenvalue weighted by Crippen LogP contribution is 2.38. The van der Waals surface area contributed by atoms with Gasteiger partial charge in [0.2, 0.25) is 5.91 Å². The molecule has 19 heavy (non-hydrogen) atoms. The topological polar surface area (TPSA) is 86.6 Å². The van der Waals surface area contributed by atoms with Crippen LogP contribution in [0, 0.1) is 23.7 Å². The molecule has 0 radical (unpaired) electrons. The van der Waals surface area contributed by atoms with Crippen molar-refractivity contribution in [3.8, 4) is 0 Å². The molecule has 1 saturated carbocycles. The average molecular weight is 271 g/mol. The predicted molar refractivity (Wildman–Crippen MR) is 71.5 cm³/mol. The van der Waals surface area contributed by atoms with Crippen molar-refractivity contribution >= 4 is 11.9 Å². The van der Waals surface area contributed by atoms with E-state index < -0.39 is 17.8 Å². The Kier molecular flexibility index (Phi) is 6.28. The standard InChI is InChI=1S/C14H25NO4/c1-3-10-6-11(12(7-10)14(18)19)13(17)15-8-9(2)4-5-16/h9-12,16H,3-8H2,1-2H3,(H,15,17)(H,18,19)/t9?,10?,11-,12+/m0/s1. The third-order valence-electron chi connectivity index (χ3n) is 4.14. The number of rotatable bonds is 7. The normalized spacial score (nSPS) is 28.1. The molecule has 5 nitrogen and oxygen atoms in total. The molecule has 110 valence electrons. The van der Waals surface area contributed by atoms with Gasteiger partial charge in [-0.05, 0) is 31.1 Å². The molecule has 0 aromatic carbocycles. The summed E-state index contributed by atoms with van der Waals surface area (Å²) in [5.41, 5.74) is 0. The molecular formula is C14H25NO4. The maximum atomic E-state index is 12.1. The molecule has 0 aromatic rings. The van der Waals surface area contributed by atoms with Crippen molar-refractivity contribution in [2.24, 2.45) is 23.7 Å². The van der Waals surface area contributed by atoms with Gasteiger partial charge in [0.25, 0.3) is 0 Å². The summed E-state index contributed by atoms with van der Waals surface area (Å²) in [5, 5.41) is 20.8. The van der Waals surface area contributed by atoms with E-state index in [0.29, 0.717) is 31.7 Å². The van der Waals surface area contributed by atoms with E-state index in [9.17, 15) is 14.7 Å². The van der Waals surface area contributed by atoms with Crippen LogP contribution in [0.25, 0.3) is 0 Å². The Hall–Kier alpha value is -1.10. The van der Waals surface area contributed by atoms with E-state index in [1.54, 1.807) is 0 Å². The monoisotopic (exact) mass is 271 g/mol. The zero-order chi connectivity index (χ0) is 14.4. The van der Waals surface area contributed by atoms with Gasteiger partial charge in [0.05, 0.1) is 11.8 Å². The molecule has 1 aliphatic carbocycles. The van der Waals surface area contributed by atoms with Crippen molar-refractivity contribution in [2.75, 3.05) is 13.2 Å². The van der Waals surface area contributed by atoms with Gasteiger partial charge in [-0.1, -0.05) is 20.3 Å². The Labute approximate surface area is 114 Å². The Bertz CT molecular complexity index is 319. The second-order valence-corrected chi connectivity index (χ2v) is 5.66. The summed E-state index contributed by atoms with van der Waals surface area (Å²) in [6.45, 7) is 4.59. The molecule has 0 heterocycles. The number of carboxylic acids is 1. The molecule has 4 atom stereocenters. The van der Waals surface area contributed by atoms with Gasteiger partial charge in [-0.25, -0.2) is 0 Å². The highest BCUT2D eigenvalue weighted by molar-refractivity contribution is 5.85. The minimum Gasteiger partial charge on any atom is -0.481 e. The average Bonchev–Trinajstić information content (AvgIpc) is 2.80. The van der Waals surface area contributed by atoms with E-state index in [4.69, 9.17) is 5.11 Å². The number of hydrogen-bond donors (Lipinski definition) is 3. The fraction of sp³-hybridized carbons (Fsp3) is 0.857. The Morgan fingerprint density at radius 1 is 1.32 bits per heavy atom. The Morgan fingerprint density at radius 3 is 2.47 bits per heavy atom. The molecule has 1 amide bonds. The molecular weight excluding hydrogens is 246 g/mol. The van der Waals surface area contributed by atoms with E-state index >= 15 is 0 Å². The third-order valence-corrected chi connectivity index (χ3v) is 4.14. The molecule has 0 aromatic heterocycles. The molecule has 3 N–H and O–H groups in total. The van der Waals surface area contributed by atoms with Crippen molar-refractivity contribution in [3.05, 3.63) is 0 Å². The summed E-state index contributed by atoms with van der Waals surface area (Å²) < 4.78 is 0. The minimum atomic E-state index is -0.862. The summed E-state index contributed by atoms with van der Waals surface area (Å²) in [6.07, 6.45) is 2.85. The summed E-state index contributed by atoms with van der Waals surface area (Å²) in [5.74, 6) is -1.40. The summed E-state index contributed by atoms with van der Waals surface area (Å²) in [6, 6.07) is 0. The lowest BCUT2D eigenvalue weighted by Crippen LogP contribution is -2.37. The van der Waals surface area contributed by atoms with Crippen LogP contribution in [0.1, 0.15) is 39.5 Å². The maximum absolute atomic E-state index is 12.1. The lowest BCUT2D eigenvalue weighted by Gasteiger charge is -2.17. The number of amides is 1. The van der Waals surface area contributed by atoms with Crippen molar-refractivity contribution in [1.29, 1.82) is 0 Å². The van der Waals surface area contributed by atoms with Crippen molar-refractivity contribution < 1.29 is 19.8 Å². The van der Waals surface area contributed by atoms with E-state index in [-0.39, 0.29) is 18.4 Å². The van der Waals surface area contributed by atoms with Gasteiger partial charge in [0.15, 0.2) is 0 Å². The van der Waals surface area contributed by atoms with Crippen LogP contribution in [-0.2, 0) is 9.59 Å². The number of carbonyl (C=O) groups is 2. The second kappa shape index (κ2) is 7.48. The number of carboxylic acid groups (broad SMARTS) is 1. The van der Waals surface area contributed by atoms with E-state index in [0.717, 1.165) is 6.42 Å². The van der Waals surface area contributed by atoms with Crippen LogP contribution >= 0.6 is 0 Å². The largest absolute Gasteiger partial charge is 0.481 e. The Balaban J connectivity index is 2.52. The number of hydrogen-bond acceptors (Lipinski definition) is 3. The van der Waals surface area contributed by atoms with Gasteiger partial charge < -0.3 is 15.5 Å². The molecule has 0 saturated heterocycles. The third kappa shape index (κ3) is 4.49. The van der Waals surface area contributed by atoms with Crippen molar-refractivity contribution in [1.82, 2.24) is 5.32 Å². The smallest absolute Gasteiger partial charge is 0.307 e. The van der Waals surface area contributed by atoms with E-state index in [2.05, 4.69) is 5.32 Å². The predicted octanol–water partition coefficient (Wildman–Crippen LogP) is 1.26. The van der Waals surface area contributed by atoms with Crippen molar-refractivity contribution in [2.45, 2.75) is 39.5 Å². The van der Waals surface area contributed by atoms with Crippen LogP contribution in [0.5, 0.6) is 0 Å². The van der Waals surface area contributed by atoms with Crippen LogP contribution < -0.4 is 5.32 Å². The van der Waals surface area contributed by atoms with E-state index in [1.165, 1.54) is 0 Å². The zero-order valence-electron chi connectivity index (χ0n) is 11.8. The highest BCUT2D eigenvalue weighted by atomic mass is 16.4. The van der Waals surface area contributed by atoms with Gasteiger partial charge in [0, 0.05) is 13.2 Å². The first-order valence-electron chi connectivity index (χ1n) is 7.10. The van der Waals surface area contributed by atoms with Gasteiger partial charge in [-0.3, -0.25) is 9.59 Å². The van der Waals surface area contributed by atoms with Crippen LogP contribution in [0.2, 0.25) is 0 Å². The summed E-state index contributed by atoms with van der Waals surface area (Å²) in [7, 11) is 0. The molecule has 0 aliphatic heterocycles. The fourth-order valence-corrected chi connectivity index (χ4v) is 2.77. The first-order chi connectivity index (χ1) is 8.99. The van der Waals surface area contributed by atoms with Crippen LogP contribution in [0.15, 0.2) is 0 Å². The molecule has 5 heteroatoms. The van der Waals surface area contributed by atoms with Crippen LogP contribution in [0.3, 0.4) is 0 Å². The number of carbonyl (C=O) groups excluding carboxylic acids is 1. The first kappa shape index (κ1) is 16.0. The van der Waals surface area contributed by atoms with Crippen molar-refractivity contribution in [3.63, 3.8) is 0 Å². The Morgan fingerprint density at radius 2 is 1.95 bits per heavy atom. The first-order valence-corrected chi connectivity index (χ1v) is 7.10. The van der Waals surface area contributed by atoms with Gasteiger partial charge in [-0.15, -0.1) is 0 Å². The molecule has 2 unspecified atom stereocenters. The molecule has 1 aliphatic rings. The number of nitrogens with one attached hydrogen (secondary N) is 1. The molecule has 0 spiro atoms. The number of aliphatic hydroxyl groups is 1. The lowest BCUT2D eigenvalue weighted by atomic mass is 9.95. The van der Waals surface area contributed by atoms with Crippen LogP contribution in [-0.4, -0.2) is 35.2 Å². The lowest BCUT2D eigenvalue weighted by molar-refractivity contribution is -0.146. The molecule has 1 fully saturated rings. The fourth-order valence-electron chi connectivity index (χ4n) is 2.77.